The maximum absolute atomic E-state index is 16.3. The van der Waals surface area contributed by atoms with E-state index in [9.17, 15) is 18.3 Å². The Hall–Kier alpha value is -3.16. The SMILES string of the molecule is Nc1ncnc2c1ncn2[C@@H]1OC2CO[P@@](=O)(S)O[C@@H]3C(CO[P@](=O)(S)O[C@H]2[C@H]1F)O[C@@H](n1cnc2c(NC(=O)OC[C@@H]4C[C@H](F)CN4)ncnc21)[C@@H]3F. The summed E-state index contributed by atoms with van der Waals surface area (Å²) in [5.41, 5.74) is 6.14. The lowest BCUT2D eigenvalue weighted by atomic mass is 10.1. The maximum Gasteiger partial charge on any atom is 0.412 e. The molecule has 0 aromatic carbocycles. The largest absolute Gasteiger partial charge is 0.448 e. The molecule has 292 valence electrons. The molecule has 0 spiro atoms. The van der Waals surface area contributed by atoms with E-state index in [-0.39, 0.29) is 59.6 Å². The van der Waals surface area contributed by atoms with Crippen LogP contribution in [0.25, 0.3) is 22.3 Å². The minimum atomic E-state index is -4.49. The molecule has 0 saturated carbocycles. The number of carbonyl (C=O) groups excluding carboxylic acids is 1. The molecule has 4 aromatic rings. The number of alkyl halides is 3. The van der Waals surface area contributed by atoms with E-state index >= 15 is 8.78 Å². The quantitative estimate of drug-likeness (QED) is 0.143. The summed E-state index contributed by atoms with van der Waals surface area (Å²) in [4.78, 5) is 36.9. The Bertz CT molecular complexity index is 2160. The van der Waals surface area contributed by atoms with Gasteiger partial charge in [-0.2, -0.15) is 0 Å². The van der Waals surface area contributed by atoms with Crippen molar-refractivity contribution in [2.75, 3.05) is 37.4 Å². The third-order valence-electron chi connectivity index (χ3n) is 8.95. The van der Waals surface area contributed by atoms with Crippen LogP contribution in [0.4, 0.5) is 29.6 Å². The minimum Gasteiger partial charge on any atom is -0.448 e. The number of thiol groups is 2. The van der Waals surface area contributed by atoms with E-state index in [4.69, 9.17) is 38.0 Å². The van der Waals surface area contributed by atoms with Crippen molar-refractivity contribution in [3.05, 3.63) is 25.3 Å². The summed E-state index contributed by atoms with van der Waals surface area (Å²) in [7, 11) is 0. The Morgan fingerprint density at radius 2 is 1.44 bits per heavy atom. The van der Waals surface area contributed by atoms with Crippen LogP contribution in [0.5, 0.6) is 0 Å². The second kappa shape index (κ2) is 14.7. The molecule has 1 amide bonds. The number of nitrogen functional groups attached to an aromatic ring is 1. The zero-order chi connectivity index (χ0) is 37.9. The number of aromatic nitrogens is 8. The van der Waals surface area contributed by atoms with Crippen molar-refractivity contribution in [1.82, 2.24) is 44.4 Å². The first-order chi connectivity index (χ1) is 25.8. The summed E-state index contributed by atoms with van der Waals surface area (Å²) >= 11 is 8.03. The zero-order valence-electron chi connectivity index (χ0n) is 27.3. The van der Waals surface area contributed by atoms with Crippen molar-refractivity contribution in [3.63, 3.8) is 0 Å². The molecule has 12 atom stereocenters. The number of nitrogens with zero attached hydrogens (tertiary/aromatic N) is 8. The Morgan fingerprint density at radius 3 is 2.02 bits per heavy atom. The summed E-state index contributed by atoms with van der Waals surface area (Å²) in [6.07, 6.45) is -10.7. The molecule has 4 fully saturated rings. The second-order valence-corrected chi connectivity index (χ2v) is 18.2. The van der Waals surface area contributed by atoms with Gasteiger partial charge in [-0.05, 0) is 6.42 Å². The molecule has 4 N–H and O–H groups in total. The maximum atomic E-state index is 16.3. The van der Waals surface area contributed by atoms with Crippen LogP contribution in [0.15, 0.2) is 25.3 Å². The molecule has 0 aliphatic carbocycles. The van der Waals surface area contributed by atoms with E-state index in [1.165, 1.54) is 10.9 Å². The number of ether oxygens (including phenoxy) is 3. The molecule has 54 heavy (non-hydrogen) atoms. The van der Waals surface area contributed by atoms with Gasteiger partial charge in [-0.15, -0.1) is 0 Å². The lowest BCUT2D eigenvalue weighted by Gasteiger charge is -2.28. The molecule has 21 nitrogen and oxygen atoms in total. The Kier molecular flexibility index (Phi) is 10.3. The average molecular weight is 840 g/mol. The van der Waals surface area contributed by atoms with Crippen LogP contribution < -0.4 is 16.4 Å². The van der Waals surface area contributed by atoms with E-state index in [2.05, 4.69) is 65.0 Å². The van der Waals surface area contributed by atoms with Crippen molar-refractivity contribution in [3.8, 4) is 0 Å². The number of nitrogens with two attached hydrogens (primary N) is 1. The van der Waals surface area contributed by atoms with Gasteiger partial charge in [0.25, 0.3) is 0 Å². The summed E-state index contributed by atoms with van der Waals surface area (Å²) in [6, 6.07) is -0.352. The highest BCUT2D eigenvalue weighted by Gasteiger charge is 2.54. The molecule has 4 saturated heterocycles. The number of halogens is 3. The van der Waals surface area contributed by atoms with Crippen molar-refractivity contribution in [2.24, 2.45) is 0 Å². The highest BCUT2D eigenvalue weighted by Crippen LogP contribution is 2.60. The first-order valence-electron chi connectivity index (χ1n) is 16.1. The summed E-state index contributed by atoms with van der Waals surface area (Å²) in [5.74, 6) is -0.0610. The topological polar surface area (TPSA) is 253 Å². The van der Waals surface area contributed by atoms with Gasteiger partial charge in [0.05, 0.1) is 25.9 Å². The predicted octanol–water partition coefficient (Wildman–Crippen LogP) is 2.86. The van der Waals surface area contributed by atoms with Gasteiger partial charge in [0.2, 0.25) is 0 Å². The number of hydrogen-bond donors (Lipinski definition) is 5. The summed E-state index contributed by atoms with van der Waals surface area (Å²) in [5, 5.41) is 5.32. The highest BCUT2D eigenvalue weighted by atomic mass is 32.7. The third-order valence-corrected chi connectivity index (χ3v) is 12.2. The van der Waals surface area contributed by atoms with Gasteiger partial charge < -0.3 is 25.3 Å². The van der Waals surface area contributed by atoms with E-state index in [0.717, 1.165) is 23.5 Å². The van der Waals surface area contributed by atoms with Crippen LogP contribution in [-0.2, 0) is 41.4 Å². The van der Waals surface area contributed by atoms with Gasteiger partial charge in [-0.25, -0.2) is 57.0 Å². The molecular weight excluding hydrogens is 809 g/mol. The first kappa shape index (κ1) is 37.7. The fraction of sp³-hybridized carbons (Fsp3) is 0.577. The Morgan fingerprint density at radius 1 is 0.889 bits per heavy atom. The number of hydrogen-bond acceptors (Lipinski definition) is 18. The van der Waals surface area contributed by atoms with E-state index < -0.39 is 88.3 Å². The van der Waals surface area contributed by atoms with Crippen molar-refractivity contribution in [2.45, 2.75) is 67.8 Å². The van der Waals surface area contributed by atoms with Gasteiger partial charge >= 0.3 is 19.7 Å². The van der Waals surface area contributed by atoms with Crippen LogP contribution >= 0.6 is 38.1 Å². The monoisotopic (exact) mass is 839 g/mol. The number of nitrogens with one attached hydrogen (secondary N) is 2. The molecule has 8 rings (SSSR count). The second-order valence-electron chi connectivity index (χ2n) is 12.5. The fourth-order valence-corrected chi connectivity index (χ4v) is 9.42. The van der Waals surface area contributed by atoms with E-state index in [0.29, 0.717) is 0 Å². The Balaban J connectivity index is 0.995. The van der Waals surface area contributed by atoms with Gasteiger partial charge in [-0.1, -0.05) is 24.5 Å². The molecule has 2 unspecified atom stereocenters. The third kappa shape index (κ3) is 7.41. The van der Waals surface area contributed by atoms with Gasteiger partial charge in [-0.3, -0.25) is 32.5 Å². The standard InChI is InChI=1S/C26H30F3N11O10P2S2/c27-10-1-11(31-2-10)3-44-26(41)38-21-17-23(35-7-33-21)40(9-37-17)25-15(29)19-13(48-25)5-46-51(42,53)49-18-12(4-45-52(43,54)50-19)47-24(14(18)28)39-8-36-16-20(30)32-6-34-22(16)39/h6-15,18-19,24-25,31H,1-5H2,(H,42,53)(H,43,54)(H2,30,32,34)(H,33,35,38,41)/t10-,11-,12?,13?,14+,15+,18+,19+,24+,25+,51-,52+/m0/s1. The van der Waals surface area contributed by atoms with Crippen LogP contribution in [0.2, 0.25) is 0 Å². The minimum absolute atomic E-state index is 0.00856. The summed E-state index contributed by atoms with van der Waals surface area (Å²) < 4.78 is 114. The van der Waals surface area contributed by atoms with E-state index in [1.54, 1.807) is 0 Å². The van der Waals surface area contributed by atoms with Crippen molar-refractivity contribution in [1.29, 1.82) is 0 Å². The lowest BCUT2D eigenvalue weighted by Crippen LogP contribution is -2.36. The average Bonchev–Trinajstić information content (AvgIpc) is 3.95. The number of carbonyl (C=O) groups is 1. The molecule has 0 radical (unpaired) electrons. The van der Waals surface area contributed by atoms with Crippen molar-refractivity contribution >= 4 is 78.1 Å². The van der Waals surface area contributed by atoms with Crippen LogP contribution in [0, 0.1) is 0 Å². The molecule has 4 aliphatic heterocycles. The predicted molar refractivity (Wildman–Crippen MR) is 184 cm³/mol. The lowest BCUT2D eigenvalue weighted by molar-refractivity contribution is -0.0544. The number of amides is 1. The smallest absolute Gasteiger partial charge is 0.412 e. The van der Waals surface area contributed by atoms with Crippen LogP contribution in [0.1, 0.15) is 18.9 Å². The zero-order valence-corrected chi connectivity index (χ0v) is 30.9. The fourth-order valence-electron chi connectivity index (χ4n) is 6.45. The highest BCUT2D eigenvalue weighted by molar-refractivity contribution is 8.44. The first-order valence-corrected chi connectivity index (χ1v) is 21.5. The molecular formula is C26H30F3N11O10P2S2. The van der Waals surface area contributed by atoms with Crippen molar-refractivity contribution < 1.29 is 59.4 Å². The molecule has 28 heteroatoms. The van der Waals surface area contributed by atoms with Gasteiger partial charge in [0, 0.05) is 12.6 Å². The van der Waals surface area contributed by atoms with Gasteiger partial charge in [0.1, 0.15) is 55.4 Å². The molecule has 4 aliphatic rings. The molecule has 0 bridgehead atoms. The van der Waals surface area contributed by atoms with Gasteiger partial charge in [0.15, 0.2) is 53.2 Å². The summed E-state index contributed by atoms with van der Waals surface area (Å²) in [6.45, 7) is -10.3. The van der Waals surface area contributed by atoms with Crippen LogP contribution in [0.3, 0.4) is 0 Å². The Labute approximate surface area is 311 Å². The number of rotatable bonds is 5. The number of imidazole rings is 2. The van der Waals surface area contributed by atoms with E-state index in [1.807, 2.05) is 0 Å². The van der Waals surface area contributed by atoms with Crippen LogP contribution in [-0.4, -0.2) is 120 Å². The number of fused-ring (bicyclic) bond motifs is 4. The molecule has 8 heterocycles. The molecule has 4 aromatic heterocycles. The number of anilines is 2. The normalized spacial score (nSPS) is 37.4.